The first-order valence-electron chi connectivity index (χ1n) is 11.1. The Bertz CT molecular complexity index is 1380. The van der Waals surface area contributed by atoms with Crippen LogP contribution in [0.1, 0.15) is 24.8 Å². The predicted octanol–water partition coefficient (Wildman–Crippen LogP) is 6.07. The minimum Gasteiger partial charge on any atom is -0.321 e. The number of fused-ring (bicyclic) bond motifs is 1. The summed E-state index contributed by atoms with van der Waals surface area (Å²) in [5.41, 5.74) is 14.6. The first kappa shape index (κ1) is 19.0. The van der Waals surface area contributed by atoms with Crippen molar-refractivity contribution >= 4 is 5.65 Å². The standard InChI is InChI=1S/C28H24N4/c29-28(16-7-17-28)23-14-12-22(13-15-23)27-24(20-8-3-1-4-9-20)19-32-26(30-27)18-25(31-32)21-10-5-2-6-11-21/h1-6,8-15,18-19H,7,16-17,29H2. The van der Waals surface area contributed by atoms with Crippen LogP contribution in [0.25, 0.3) is 39.3 Å². The number of benzene rings is 3. The van der Waals surface area contributed by atoms with Crippen molar-refractivity contribution in [3.63, 3.8) is 0 Å². The first-order chi connectivity index (χ1) is 15.7. The summed E-state index contributed by atoms with van der Waals surface area (Å²) in [7, 11) is 0. The maximum atomic E-state index is 6.54. The molecule has 2 aromatic heterocycles. The van der Waals surface area contributed by atoms with E-state index in [1.54, 1.807) is 0 Å². The molecule has 0 atom stereocenters. The second-order valence-electron chi connectivity index (χ2n) is 8.65. The SMILES string of the molecule is NC1(c2ccc(-c3nc4cc(-c5ccccc5)nn4cc3-c3ccccc3)cc2)CCC1. The molecule has 4 heteroatoms. The van der Waals surface area contributed by atoms with Crippen molar-refractivity contribution in [1.82, 2.24) is 14.6 Å². The number of nitrogens with two attached hydrogens (primary N) is 1. The summed E-state index contributed by atoms with van der Waals surface area (Å²) < 4.78 is 1.88. The molecule has 0 unspecified atom stereocenters. The molecule has 2 heterocycles. The van der Waals surface area contributed by atoms with Crippen LogP contribution in [0.3, 0.4) is 0 Å². The third kappa shape index (κ3) is 3.20. The number of aromatic nitrogens is 3. The number of nitrogens with zero attached hydrogens (tertiary/aromatic N) is 3. The van der Waals surface area contributed by atoms with Gasteiger partial charge in [-0.15, -0.1) is 0 Å². The van der Waals surface area contributed by atoms with Crippen LogP contribution < -0.4 is 5.73 Å². The van der Waals surface area contributed by atoms with Gasteiger partial charge in [-0.25, -0.2) is 9.50 Å². The van der Waals surface area contributed by atoms with Crippen molar-refractivity contribution in [3.05, 3.63) is 103 Å². The first-order valence-corrected chi connectivity index (χ1v) is 11.1. The zero-order valence-electron chi connectivity index (χ0n) is 17.8. The lowest BCUT2D eigenvalue weighted by molar-refractivity contribution is 0.253. The van der Waals surface area contributed by atoms with E-state index >= 15 is 0 Å². The molecule has 32 heavy (non-hydrogen) atoms. The minimum atomic E-state index is -0.159. The molecule has 0 spiro atoms. The highest BCUT2D eigenvalue weighted by atomic mass is 15.2. The van der Waals surface area contributed by atoms with E-state index in [0.717, 1.165) is 52.1 Å². The third-order valence-electron chi connectivity index (χ3n) is 6.58. The summed E-state index contributed by atoms with van der Waals surface area (Å²) in [6, 6.07) is 31.3. The topological polar surface area (TPSA) is 56.2 Å². The van der Waals surface area contributed by atoms with Crippen molar-refractivity contribution in [2.45, 2.75) is 24.8 Å². The van der Waals surface area contributed by atoms with Crippen LogP contribution in [-0.2, 0) is 5.54 Å². The number of hydrogen-bond acceptors (Lipinski definition) is 3. The van der Waals surface area contributed by atoms with Gasteiger partial charge in [0.1, 0.15) is 0 Å². The van der Waals surface area contributed by atoms with Crippen LogP contribution in [0, 0.1) is 0 Å². The molecule has 1 saturated carbocycles. The lowest BCUT2D eigenvalue weighted by atomic mass is 9.72. The summed E-state index contributed by atoms with van der Waals surface area (Å²) >= 11 is 0. The second kappa shape index (κ2) is 7.43. The van der Waals surface area contributed by atoms with E-state index in [0.29, 0.717) is 0 Å². The van der Waals surface area contributed by atoms with E-state index in [1.165, 1.54) is 12.0 Å². The zero-order valence-corrected chi connectivity index (χ0v) is 17.8. The molecular formula is C28H24N4. The largest absolute Gasteiger partial charge is 0.321 e. The molecule has 3 aromatic carbocycles. The normalized spacial score (nSPS) is 14.9. The second-order valence-corrected chi connectivity index (χ2v) is 8.65. The molecule has 6 rings (SSSR count). The average Bonchev–Trinajstić information content (AvgIpc) is 3.26. The van der Waals surface area contributed by atoms with Crippen molar-refractivity contribution in [2.24, 2.45) is 5.73 Å². The maximum Gasteiger partial charge on any atom is 0.156 e. The van der Waals surface area contributed by atoms with Crippen LogP contribution in [0.5, 0.6) is 0 Å². The number of rotatable bonds is 4. The maximum absolute atomic E-state index is 6.54. The van der Waals surface area contributed by atoms with Crippen molar-refractivity contribution < 1.29 is 0 Å². The van der Waals surface area contributed by atoms with Gasteiger partial charge in [-0.05, 0) is 30.4 Å². The molecule has 4 nitrogen and oxygen atoms in total. The lowest BCUT2D eigenvalue weighted by Gasteiger charge is -2.38. The minimum absolute atomic E-state index is 0.159. The lowest BCUT2D eigenvalue weighted by Crippen LogP contribution is -2.43. The molecule has 1 aliphatic rings. The Hall–Kier alpha value is -3.76. The molecular weight excluding hydrogens is 392 g/mol. The van der Waals surface area contributed by atoms with E-state index in [2.05, 4.69) is 66.9 Å². The highest BCUT2D eigenvalue weighted by Crippen LogP contribution is 2.40. The fourth-order valence-corrected chi connectivity index (χ4v) is 4.53. The molecule has 2 N–H and O–H groups in total. The molecule has 5 aromatic rings. The molecule has 1 aliphatic carbocycles. The van der Waals surface area contributed by atoms with Gasteiger partial charge >= 0.3 is 0 Å². The van der Waals surface area contributed by atoms with Gasteiger partial charge < -0.3 is 5.73 Å². The molecule has 0 amide bonds. The Morgan fingerprint density at radius 1 is 0.750 bits per heavy atom. The van der Waals surface area contributed by atoms with E-state index in [-0.39, 0.29) is 5.54 Å². The van der Waals surface area contributed by atoms with Gasteiger partial charge in [-0.1, -0.05) is 84.9 Å². The van der Waals surface area contributed by atoms with Crippen molar-refractivity contribution in [3.8, 4) is 33.6 Å². The van der Waals surface area contributed by atoms with E-state index < -0.39 is 0 Å². The van der Waals surface area contributed by atoms with Crippen LogP contribution in [0.4, 0.5) is 0 Å². The van der Waals surface area contributed by atoms with E-state index in [4.69, 9.17) is 15.8 Å². The Morgan fingerprint density at radius 2 is 1.41 bits per heavy atom. The smallest absolute Gasteiger partial charge is 0.156 e. The summed E-state index contributed by atoms with van der Waals surface area (Å²) in [6.07, 6.45) is 5.41. The highest BCUT2D eigenvalue weighted by molar-refractivity contribution is 5.82. The molecule has 1 fully saturated rings. The van der Waals surface area contributed by atoms with E-state index in [1.807, 2.05) is 34.8 Å². The fraction of sp³-hybridized carbons (Fsp3) is 0.143. The molecule has 0 bridgehead atoms. The zero-order chi connectivity index (χ0) is 21.5. The molecule has 156 valence electrons. The van der Waals surface area contributed by atoms with Crippen molar-refractivity contribution in [1.29, 1.82) is 0 Å². The van der Waals surface area contributed by atoms with Gasteiger partial charge in [0, 0.05) is 34.5 Å². The van der Waals surface area contributed by atoms with Crippen molar-refractivity contribution in [2.75, 3.05) is 0 Å². The van der Waals surface area contributed by atoms with Crippen LogP contribution in [-0.4, -0.2) is 14.6 Å². The number of hydrogen-bond donors (Lipinski definition) is 1. The van der Waals surface area contributed by atoms with E-state index in [9.17, 15) is 0 Å². The van der Waals surface area contributed by atoms with Crippen LogP contribution >= 0.6 is 0 Å². The summed E-state index contributed by atoms with van der Waals surface area (Å²) in [4.78, 5) is 5.06. The Balaban J connectivity index is 1.50. The quantitative estimate of drug-likeness (QED) is 0.387. The third-order valence-corrected chi connectivity index (χ3v) is 6.58. The van der Waals surface area contributed by atoms with Gasteiger partial charge in [0.05, 0.1) is 11.4 Å². The van der Waals surface area contributed by atoms with Gasteiger partial charge in [0.25, 0.3) is 0 Å². The van der Waals surface area contributed by atoms with Crippen LogP contribution in [0.15, 0.2) is 97.2 Å². The molecule has 0 saturated heterocycles. The highest BCUT2D eigenvalue weighted by Gasteiger charge is 2.34. The average molecular weight is 417 g/mol. The summed E-state index contributed by atoms with van der Waals surface area (Å²) in [6.45, 7) is 0. The molecule has 0 radical (unpaired) electrons. The Labute approximate surface area is 187 Å². The summed E-state index contributed by atoms with van der Waals surface area (Å²) in [5.74, 6) is 0. The van der Waals surface area contributed by atoms with Gasteiger partial charge in [-0.3, -0.25) is 0 Å². The Morgan fingerprint density at radius 3 is 2.03 bits per heavy atom. The monoisotopic (exact) mass is 416 g/mol. The van der Waals surface area contributed by atoms with Gasteiger partial charge in [0.2, 0.25) is 0 Å². The molecule has 0 aliphatic heterocycles. The summed E-state index contributed by atoms with van der Waals surface area (Å²) in [5, 5.41) is 4.81. The fourth-order valence-electron chi connectivity index (χ4n) is 4.53. The predicted molar refractivity (Wildman–Crippen MR) is 129 cm³/mol. The van der Waals surface area contributed by atoms with Crippen LogP contribution in [0.2, 0.25) is 0 Å². The Kier molecular flexibility index (Phi) is 4.40. The van der Waals surface area contributed by atoms with Gasteiger partial charge in [-0.2, -0.15) is 5.10 Å². The van der Waals surface area contributed by atoms with Gasteiger partial charge in [0.15, 0.2) is 5.65 Å².